The first kappa shape index (κ1) is 31.2. The van der Waals surface area contributed by atoms with Gasteiger partial charge in [-0.25, -0.2) is 8.42 Å². The van der Waals surface area contributed by atoms with Crippen molar-refractivity contribution in [2.24, 2.45) is 0 Å². The molecule has 0 saturated carbocycles. The number of rotatable bonds is 7. The van der Waals surface area contributed by atoms with E-state index < -0.39 is 29.6 Å². The first-order chi connectivity index (χ1) is 20.4. The molecule has 2 aliphatic heterocycles. The van der Waals surface area contributed by atoms with Gasteiger partial charge in [0.1, 0.15) is 19.5 Å². The van der Waals surface area contributed by atoms with Crippen molar-refractivity contribution in [1.29, 1.82) is 0 Å². The van der Waals surface area contributed by atoms with Gasteiger partial charge in [0.05, 0.1) is 11.4 Å². The molecule has 7 heteroatoms. The normalized spacial score (nSPS) is 20.7. The lowest BCUT2D eigenvalue weighted by Gasteiger charge is -2.39. The van der Waals surface area contributed by atoms with E-state index in [4.69, 9.17) is 0 Å². The van der Waals surface area contributed by atoms with Gasteiger partial charge < -0.3 is 4.90 Å². The molecule has 1 spiro atoms. The van der Waals surface area contributed by atoms with Gasteiger partial charge >= 0.3 is 0 Å². The Bertz CT molecular complexity index is 1630. The van der Waals surface area contributed by atoms with Gasteiger partial charge in [0.15, 0.2) is 0 Å². The largest absolute Gasteiger partial charge is 0.307 e. The molecule has 226 valence electrons. The molecule has 0 bridgehead atoms. The number of amides is 1. The number of hydrogen-bond acceptors (Lipinski definition) is 3. The fourth-order valence-electron chi connectivity index (χ4n) is 7.70. The van der Waals surface area contributed by atoms with Crippen LogP contribution in [0, 0.1) is 18.4 Å². The SMILES string of the molecule is Cc1ccc(S(=O)(=O)N2CC[C@]3(C(=O)N(Cc4ccccc4)c4ccccc43)[C@H]2C#C[Si](C(C)C)(C(C)C)C(C)C)cc1. The van der Waals surface area contributed by atoms with Crippen LogP contribution in [-0.4, -0.2) is 39.3 Å². The molecule has 1 fully saturated rings. The van der Waals surface area contributed by atoms with Crippen LogP contribution in [0.5, 0.6) is 0 Å². The monoisotopic (exact) mass is 612 g/mol. The molecule has 5 nitrogen and oxygen atoms in total. The Hall–Kier alpha value is -3.18. The summed E-state index contributed by atoms with van der Waals surface area (Å²) in [5, 5.41) is 0. The average Bonchev–Trinajstić information content (AvgIpc) is 3.47. The fourth-order valence-corrected chi connectivity index (χ4v) is 14.6. The zero-order chi connectivity index (χ0) is 31.2. The number of hydrogen-bond donors (Lipinski definition) is 0. The number of benzene rings is 3. The van der Waals surface area contributed by atoms with Gasteiger partial charge in [-0.1, -0.05) is 114 Å². The maximum absolute atomic E-state index is 14.8. The van der Waals surface area contributed by atoms with E-state index in [9.17, 15) is 13.2 Å². The first-order valence-electron chi connectivity index (χ1n) is 15.4. The highest BCUT2D eigenvalue weighted by Gasteiger charge is 2.62. The van der Waals surface area contributed by atoms with Crippen LogP contribution in [0.1, 0.15) is 64.7 Å². The summed E-state index contributed by atoms with van der Waals surface area (Å²) in [6.45, 7) is 16.1. The highest BCUT2D eigenvalue weighted by Crippen LogP contribution is 2.52. The van der Waals surface area contributed by atoms with Crippen LogP contribution < -0.4 is 4.90 Å². The van der Waals surface area contributed by atoms with E-state index in [1.54, 1.807) is 12.1 Å². The van der Waals surface area contributed by atoms with Gasteiger partial charge in [0, 0.05) is 12.2 Å². The highest BCUT2D eigenvalue weighted by molar-refractivity contribution is 7.89. The van der Waals surface area contributed by atoms with E-state index in [1.165, 1.54) is 4.31 Å². The van der Waals surface area contributed by atoms with E-state index in [-0.39, 0.29) is 17.3 Å². The Morgan fingerprint density at radius 3 is 2.05 bits per heavy atom. The van der Waals surface area contributed by atoms with E-state index in [0.29, 0.717) is 29.6 Å². The number of nitrogens with zero attached hydrogens (tertiary/aromatic N) is 2. The Labute approximate surface area is 259 Å². The Balaban J connectivity index is 1.72. The topological polar surface area (TPSA) is 57.7 Å². The van der Waals surface area contributed by atoms with Crippen molar-refractivity contribution in [3.63, 3.8) is 0 Å². The lowest BCUT2D eigenvalue weighted by atomic mass is 9.75. The summed E-state index contributed by atoms with van der Waals surface area (Å²) >= 11 is 0. The van der Waals surface area contributed by atoms with E-state index in [0.717, 1.165) is 22.4 Å². The number of sulfonamides is 1. The zero-order valence-electron chi connectivity index (χ0n) is 26.5. The van der Waals surface area contributed by atoms with Crippen LogP contribution in [0.3, 0.4) is 0 Å². The third-order valence-electron chi connectivity index (χ3n) is 9.89. The smallest absolute Gasteiger partial charge is 0.244 e. The Morgan fingerprint density at radius 1 is 0.860 bits per heavy atom. The van der Waals surface area contributed by atoms with Crippen molar-refractivity contribution in [3.05, 3.63) is 95.6 Å². The number of carbonyl (C=O) groups excluding carboxylic acids is 1. The maximum atomic E-state index is 14.8. The molecular formula is C36H44N2O3SSi. The molecule has 0 aromatic heterocycles. The highest BCUT2D eigenvalue weighted by atomic mass is 32.2. The summed E-state index contributed by atoms with van der Waals surface area (Å²) in [5.74, 6) is 3.54. The van der Waals surface area contributed by atoms with Crippen LogP contribution in [0.4, 0.5) is 5.69 Å². The fraction of sp³-hybridized carbons (Fsp3) is 0.417. The molecule has 2 aliphatic rings. The molecule has 1 saturated heterocycles. The van der Waals surface area contributed by atoms with Crippen LogP contribution in [-0.2, 0) is 26.8 Å². The van der Waals surface area contributed by atoms with Crippen molar-refractivity contribution in [3.8, 4) is 11.5 Å². The van der Waals surface area contributed by atoms with Gasteiger partial charge in [-0.3, -0.25) is 4.79 Å². The molecule has 3 aromatic carbocycles. The van der Waals surface area contributed by atoms with Gasteiger partial charge in [-0.15, -0.1) is 5.54 Å². The van der Waals surface area contributed by atoms with Crippen LogP contribution in [0.25, 0.3) is 0 Å². The molecule has 2 atom stereocenters. The summed E-state index contributed by atoms with van der Waals surface area (Å²) in [5.41, 5.74) is 7.60. The van der Waals surface area contributed by atoms with Gasteiger partial charge in [0.25, 0.3) is 0 Å². The van der Waals surface area contributed by atoms with Crippen molar-refractivity contribution in [2.75, 3.05) is 11.4 Å². The Morgan fingerprint density at radius 2 is 1.44 bits per heavy atom. The molecule has 5 rings (SSSR count). The number of para-hydroxylation sites is 1. The first-order valence-corrected chi connectivity index (χ1v) is 19.1. The van der Waals surface area contributed by atoms with Crippen LogP contribution >= 0.6 is 0 Å². The lowest BCUT2D eigenvalue weighted by Crippen LogP contribution is -2.51. The second-order valence-electron chi connectivity index (χ2n) is 13.1. The number of carbonyl (C=O) groups is 1. The van der Waals surface area contributed by atoms with Crippen molar-refractivity contribution >= 4 is 29.7 Å². The van der Waals surface area contributed by atoms with E-state index in [1.807, 2.05) is 78.6 Å². The summed E-state index contributed by atoms with van der Waals surface area (Å²) in [6, 6.07) is 24.0. The van der Waals surface area contributed by atoms with Gasteiger partial charge in [-0.05, 0) is 59.3 Å². The molecule has 0 radical (unpaired) electrons. The summed E-state index contributed by atoms with van der Waals surface area (Å²) in [6.07, 6.45) is 0.387. The number of fused-ring (bicyclic) bond motifs is 2. The van der Waals surface area contributed by atoms with Crippen LogP contribution in [0.2, 0.25) is 16.6 Å². The Kier molecular flexibility index (Phi) is 8.52. The predicted molar refractivity (Wildman–Crippen MR) is 178 cm³/mol. The summed E-state index contributed by atoms with van der Waals surface area (Å²) in [4.78, 5) is 16.9. The third kappa shape index (κ3) is 5.08. The molecule has 2 heterocycles. The molecule has 1 amide bonds. The van der Waals surface area contributed by atoms with Crippen molar-refractivity contribution in [1.82, 2.24) is 4.31 Å². The average molecular weight is 613 g/mol. The van der Waals surface area contributed by atoms with Crippen molar-refractivity contribution < 1.29 is 13.2 Å². The van der Waals surface area contributed by atoms with Crippen LogP contribution in [0.15, 0.2) is 83.8 Å². The second-order valence-corrected chi connectivity index (χ2v) is 20.6. The molecule has 0 aliphatic carbocycles. The number of aryl methyl sites for hydroxylation is 1. The standard InChI is InChI=1S/C36H44N2O3SSi/c1-26(2)43(27(3)4,28(5)6)24-21-34-36(22-23-38(34)42(40,41)31-19-17-29(7)18-20-31)32-15-11-12-16-33(32)37(35(36)39)25-30-13-9-8-10-14-30/h8-20,26-28,34H,22-23,25H2,1-7H3/t34-,36-/m1/s1. The second kappa shape index (κ2) is 11.7. The van der Waals surface area contributed by atoms with E-state index in [2.05, 4.69) is 53.0 Å². The van der Waals surface area contributed by atoms with Crippen molar-refractivity contribution in [2.45, 2.75) is 94.4 Å². The van der Waals surface area contributed by atoms with Gasteiger partial charge in [0.2, 0.25) is 15.9 Å². The molecule has 3 aromatic rings. The third-order valence-corrected chi connectivity index (χ3v) is 18.1. The number of anilines is 1. The minimum atomic E-state index is -3.92. The summed E-state index contributed by atoms with van der Waals surface area (Å²) in [7, 11) is -6.16. The molecule has 0 unspecified atom stereocenters. The maximum Gasteiger partial charge on any atom is 0.244 e. The quantitative estimate of drug-likeness (QED) is 0.206. The van der Waals surface area contributed by atoms with Gasteiger partial charge in [-0.2, -0.15) is 4.31 Å². The summed E-state index contributed by atoms with van der Waals surface area (Å²) < 4.78 is 30.2. The zero-order valence-corrected chi connectivity index (χ0v) is 28.3. The molecule has 0 N–H and O–H groups in total. The molecule has 43 heavy (non-hydrogen) atoms. The minimum absolute atomic E-state index is 0.0654. The lowest BCUT2D eigenvalue weighted by molar-refractivity contribution is -0.123. The minimum Gasteiger partial charge on any atom is -0.307 e. The predicted octanol–water partition coefficient (Wildman–Crippen LogP) is 7.46. The molecular weight excluding hydrogens is 569 g/mol. The van der Waals surface area contributed by atoms with E-state index >= 15 is 0 Å².